The lowest BCUT2D eigenvalue weighted by atomic mass is 9.94. The van der Waals surface area contributed by atoms with E-state index in [4.69, 9.17) is 14.2 Å². The molecule has 2 atom stereocenters. The Kier molecular flexibility index (Phi) is 5.81. The van der Waals surface area contributed by atoms with E-state index in [1.165, 1.54) is 6.08 Å². The van der Waals surface area contributed by atoms with Crippen LogP contribution in [0.15, 0.2) is 30.3 Å². The topological polar surface area (TPSA) is 44.8 Å². The van der Waals surface area contributed by atoms with Crippen LogP contribution in [0.25, 0.3) is 6.08 Å². The molecular weight excluding hydrogens is 268 g/mol. The molecule has 0 bridgehead atoms. The summed E-state index contributed by atoms with van der Waals surface area (Å²) in [5, 5.41) is 0. The molecule has 1 fully saturated rings. The quantitative estimate of drug-likeness (QED) is 0.617. The number of carbonyl (C=O) groups excluding carboxylic acids is 1. The van der Waals surface area contributed by atoms with Gasteiger partial charge in [-0.1, -0.05) is 18.6 Å². The Morgan fingerprint density at radius 1 is 1.19 bits per heavy atom. The second-order valence-electron chi connectivity index (χ2n) is 5.14. The smallest absolute Gasteiger partial charge is 0.331 e. The first-order valence-electron chi connectivity index (χ1n) is 7.28. The average molecular weight is 290 g/mol. The summed E-state index contributed by atoms with van der Waals surface area (Å²) in [4.78, 5) is 11.9. The number of carbonyl (C=O) groups is 1. The first-order chi connectivity index (χ1) is 10.2. The van der Waals surface area contributed by atoms with Gasteiger partial charge in [-0.25, -0.2) is 4.79 Å². The van der Waals surface area contributed by atoms with E-state index in [0.717, 1.165) is 37.0 Å². The monoisotopic (exact) mass is 290 g/mol. The van der Waals surface area contributed by atoms with Crippen LogP contribution in [0.2, 0.25) is 0 Å². The van der Waals surface area contributed by atoms with Crippen LogP contribution >= 0.6 is 0 Å². The van der Waals surface area contributed by atoms with Gasteiger partial charge in [0.25, 0.3) is 0 Å². The summed E-state index contributed by atoms with van der Waals surface area (Å²) in [5.41, 5.74) is 0.901. The van der Waals surface area contributed by atoms with Gasteiger partial charge in [-0.2, -0.15) is 0 Å². The lowest BCUT2D eigenvalue weighted by molar-refractivity contribution is -0.153. The highest BCUT2D eigenvalue weighted by molar-refractivity contribution is 5.87. The van der Waals surface area contributed by atoms with Gasteiger partial charge >= 0.3 is 5.97 Å². The fraction of sp³-hybridized carbons (Fsp3) is 0.471. The molecule has 1 aliphatic carbocycles. The Morgan fingerprint density at radius 3 is 2.67 bits per heavy atom. The van der Waals surface area contributed by atoms with Gasteiger partial charge < -0.3 is 14.2 Å². The first kappa shape index (κ1) is 15.6. The summed E-state index contributed by atoms with van der Waals surface area (Å²) in [6, 6.07) is 7.51. The lowest BCUT2D eigenvalue weighted by Gasteiger charge is -2.29. The average Bonchev–Trinajstić information content (AvgIpc) is 2.53. The van der Waals surface area contributed by atoms with Crippen molar-refractivity contribution in [1.82, 2.24) is 0 Å². The van der Waals surface area contributed by atoms with Gasteiger partial charge in [-0.3, -0.25) is 0 Å². The third kappa shape index (κ3) is 4.60. The fourth-order valence-corrected chi connectivity index (χ4v) is 2.57. The molecule has 0 aliphatic heterocycles. The van der Waals surface area contributed by atoms with E-state index in [0.29, 0.717) is 0 Å². The molecule has 0 amide bonds. The van der Waals surface area contributed by atoms with Crippen LogP contribution in [0.1, 0.15) is 31.2 Å². The van der Waals surface area contributed by atoms with Crippen molar-refractivity contribution in [2.75, 3.05) is 14.2 Å². The molecule has 1 saturated carbocycles. The molecule has 2 rings (SSSR count). The van der Waals surface area contributed by atoms with E-state index < -0.39 is 0 Å². The van der Waals surface area contributed by atoms with Crippen molar-refractivity contribution < 1.29 is 19.0 Å². The summed E-state index contributed by atoms with van der Waals surface area (Å²) in [6.45, 7) is 0. The maximum Gasteiger partial charge on any atom is 0.331 e. The van der Waals surface area contributed by atoms with Gasteiger partial charge in [0, 0.05) is 13.2 Å². The minimum atomic E-state index is -0.327. The van der Waals surface area contributed by atoms with Crippen molar-refractivity contribution in [2.45, 2.75) is 37.9 Å². The summed E-state index contributed by atoms with van der Waals surface area (Å²) >= 11 is 0. The van der Waals surface area contributed by atoms with Gasteiger partial charge in [-0.05, 0) is 43.0 Å². The van der Waals surface area contributed by atoms with Crippen LogP contribution in [0.4, 0.5) is 0 Å². The lowest BCUT2D eigenvalue weighted by Crippen LogP contribution is -2.35. The van der Waals surface area contributed by atoms with Crippen LogP contribution < -0.4 is 4.74 Å². The Hall–Kier alpha value is -1.81. The number of hydrogen-bond donors (Lipinski definition) is 0. The Morgan fingerprint density at radius 2 is 1.95 bits per heavy atom. The molecule has 114 valence electrons. The summed E-state index contributed by atoms with van der Waals surface area (Å²) in [7, 11) is 3.29. The number of rotatable bonds is 5. The second-order valence-corrected chi connectivity index (χ2v) is 5.14. The molecule has 0 aromatic heterocycles. The minimum absolute atomic E-state index is 0.0212. The summed E-state index contributed by atoms with van der Waals surface area (Å²) < 4.78 is 16.0. The number of esters is 1. The van der Waals surface area contributed by atoms with Crippen molar-refractivity contribution in [3.05, 3.63) is 35.9 Å². The maximum atomic E-state index is 11.9. The maximum absolute atomic E-state index is 11.9. The molecule has 0 N–H and O–H groups in total. The first-order valence-corrected chi connectivity index (χ1v) is 7.28. The normalized spacial score (nSPS) is 22.2. The van der Waals surface area contributed by atoms with E-state index in [1.54, 1.807) is 20.3 Å². The highest BCUT2D eigenvalue weighted by atomic mass is 16.6. The van der Waals surface area contributed by atoms with Crippen LogP contribution in [0.3, 0.4) is 0 Å². The molecule has 0 saturated heterocycles. The Balaban J connectivity index is 1.92. The van der Waals surface area contributed by atoms with Gasteiger partial charge in [0.15, 0.2) is 0 Å². The number of ether oxygens (including phenoxy) is 3. The highest BCUT2D eigenvalue weighted by Gasteiger charge is 2.27. The van der Waals surface area contributed by atoms with E-state index in [-0.39, 0.29) is 18.2 Å². The zero-order valence-electron chi connectivity index (χ0n) is 12.6. The largest absolute Gasteiger partial charge is 0.497 e. The van der Waals surface area contributed by atoms with Crippen molar-refractivity contribution in [3.8, 4) is 5.75 Å². The van der Waals surface area contributed by atoms with E-state index >= 15 is 0 Å². The molecule has 0 heterocycles. The second kappa shape index (κ2) is 7.84. The highest BCUT2D eigenvalue weighted by Crippen LogP contribution is 2.23. The third-order valence-corrected chi connectivity index (χ3v) is 3.72. The molecule has 21 heavy (non-hydrogen) atoms. The zero-order chi connectivity index (χ0) is 15.1. The van der Waals surface area contributed by atoms with Gasteiger partial charge in [0.2, 0.25) is 0 Å². The summed E-state index contributed by atoms with van der Waals surface area (Å²) in [6.07, 6.45) is 7.11. The Labute approximate surface area is 125 Å². The van der Waals surface area contributed by atoms with E-state index in [1.807, 2.05) is 24.3 Å². The Bertz CT molecular complexity index is 495. The fourth-order valence-electron chi connectivity index (χ4n) is 2.57. The molecule has 2 unspecified atom stereocenters. The molecule has 0 spiro atoms. The van der Waals surface area contributed by atoms with Crippen LogP contribution in [-0.4, -0.2) is 32.4 Å². The molecule has 1 aromatic carbocycles. The van der Waals surface area contributed by atoms with Crippen molar-refractivity contribution in [1.29, 1.82) is 0 Å². The van der Waals surface area contributed by atoms with E-state index in [9.17, 15) is 4.79 Å². The van der Waals surface area contributed by atoms with Crippen LogP contribution in [0.5, 0.6) is 5.75 Å². The molecule has 4 heteroatoms. The van der Waals surface area contributed by atoms with E-state index in [2.05, 4.69) is 0 Å². The molecule has 0 radical (unpaired) electrons. The molecule has 1 aliphatic rings. The van der Waals surface area contributed by atoms with Crippen molar-refractivity contribution in [3.63, 3.8) is 0 Å². The molecule has 4 nitrogen and oxygen atoms in total. The zero-order valence-corrected chi connectivity index (χ0v) is 12.6. The van der Waals surface area contributed by atoms with Crippen LogP contribution in [-0.2, 0) is 14.3 Å². The standard InChI is InChI=1S/C17H22O4/c1-19-14-7-5-6-13(12-14)10-11-17(18)21-16-9-4-3-8-15(16)20-2/h5-7,10-12,15-16H,3-4,8-9H2,1-2H3. The molecule has 1 aromatic rings. The summed E-state index contributed by atoms with van der Waals surface area (Å²) in [5.74, 6) is 0.434. The third-order valence-electron chi connectivity index (χ3n) is 3.72. The van der Waals surface area contributed by atoms with Crippen LogP contribution in [0, 0.1) is 0 Å². The SMILES string of the molecule is COc1cccc(C=CC(=O)OC2CCCCC2OC)c1. The molecular formula is C17H22O4. The van der Waals surface area contributed by atoms with Gasteiger partial charge in [-0.15, -0.1) is 0 Å². The predicted molar refractivity (Wildman–Crippen MR) is 81.2 cm³/mol. The predicted octanol–water partition coefficient (Wildman–Crippen LogP) is 3.21. The minimum Gasteiger partial charge on any atom is -0.497 e. The van der Waals surface area contributed by atoms with Gasteiger partial charge in [0.1, 0.15) is 11.9 Å². The number of methoxy groups -OCH3 is 2. The van der Waals surface area contributed by atoms with Crippen molar-refractivity contribution >= 4 is 12.0 Å². The van der Waals surface area contributed by atoms with Gasteiger partial charge in [0.05, 0.1) is 13.2 Å². The number of hydrogen-bond acceptors (Lipinski definition) is 4. The van der Waals surface area contributed by atoms with Crippen molar-refractivity contribution in [2.24, 2.45) is 0 Å². The number of benzene rings is 1.